The second-order valence-electron chi connectivity index (χ2n) is 3.25. The number of carbonyl (C=O) groups is 1. The first-order valence-electron chi connectivity index (χ1n) is 5.20. The Morgan fingerprint density at radius 2 is 1.83 bits per heavy atom. The third-order valence-corrected chi connectivity index (χ3v) is 1.94. The van der Waals surface area contributed by atoms with Crippen molar-refractivity contribution in [1.29, 1.82) is 0 Å². The van der Waals surface area contributed by atoms with Gasteiger partial charge in [0.15, 0.2) is 0 Å². The van der Waals surface area contributed by atoms with Crippen molar-refractivity contribution in [3.8, 4) is 0 Å². The Morgan fingerprint density at radius 1 is 1.22 bits per heavy atom. The minimum Gasteiger partial charge on any atom is -0.463 e. The monoisotopic (exact) mass is 256 g/mol. The Labute approximate surface area is 102 Å². The first kappa shape index (κ1) is 14.0. The van der Waals surface area contributed by atoms with Gasteiger partial charge in [0.05, 0.1) is 6.61 Å². The third-order valence-electron chi connectivity index (χ3n) is 1.94. The molecule has 0 aliphatic carbocycles. The molecule has 0 amide bonds. The van der Waals surface area contributed by atoms with Gasteiger partial charge in [0.2, 0.25) is 0 Å². The van der Waals surface area contributed by atoms with Crippen molar-refractivity contribution in [1.82, 2.24) is 0 Å². The summed E-state index contributed by atoms with van der Waals surface area (Å²) < 4.78 is 43.5. The van der Waals surface area contributed by atoms with Gasteiger partial charge in [-0.25, -0.2) is 18.0 Å². The van der Waals surface area contributed by atoms with Crippen molar-refractivity contribution in [3.63, 3.8) is 0 Å². The van der Waals surface area contributed by atoms with Crippen molar-refractivity contribution < 1.29 is 22.7 Å². The smallest absolute Gasteiger partial charge is 0.330 e. The van der Waals surface area contributed by atoms with Gasteiger partial charge in [-0.1, -0.05) is 12.2 Å². The lowest BCUT2D eigenvalue weighted by molar-refractivity contribution is -0.137. The Morgan fingerprint density at radius 3 is 2.39 bits per heavy atom. The van der Waals surface area contributed by atoms with Crippen molar-refractivity contribution in [2.45, 2.75) is 6.92 Å². The van der Waals surface area contributed by atoms with E-state index in [1.54, 1.807) is 6.92 Å². The van der Waals surface area contributed by atoms with Crippen LogP contribution >= 0.6 is 0 Å². The highest BCUT2D eigenvalue weighted by Gasteiger charge is 2.07. The highest BCUT2D eigenvalue weighted by Crippen LogP contribution is 2.16. The van der Waals surface area contributed by atoms with E-state index in [0.29, 0.717) is 12.1 Å². The summed E-state index contributed by atoms with van der Waals surface area (Å²) in [6.07, 6.45) is 4.75. The van der Waals surface area contributed by atoms with Gasteiger partial charge in [-0.05, 0) is 13.0 Å². The van der Waals surface area contributed by atoms with E-state index in [-0.39, 0.29) is 12.2 Å². The molecule has 0 fully saturated rings. The number of benzene rings is 1. The maximum absolute atomic E-state index is 13.2. The molecule has 0 unspecified atom stereocenters. The number of carbonyl (C=O) groups excluding carboxylic acids is 1. The van der Waals surface area contributed by atoms with Crippen LogP contribution < -0.4 is 0 Å². The summed E-state index contributed by atoms with van der Waals surface area (Å²) in [4.78, 5) is 10.9. The minimum atomic E-state index is -1.01. The highest BCUT2D eigenvalue weighted by molar-refractivity contribution is 5.82. The lowest BCUT2D eigenvalue weighted by Crippen LogP contribution is -1.98. The molecule has 0 aliphatic heterocycles. The average Bonchev–Trinajstić information content (AvgIpc) is 2.27. The normalized spacial score (nSPS) is 11.3. The second kappa shape index (κ2) is 6.64. The van der Waals surface area contributed by atoms with E-state index < -0.39 is 23.4 Å². The molecule has 0 N–H and O–H groups in total. The predicted molar refractivity (Wildman–Crippen MR) is 61.1 cm³/mol. The van der Waals surface area contributed by atoms with Crippen LogP contribution in [0.2, 0.25) is 0 Å². The van der Waals surface area contributed by atoms with Gasteiger partial charge in [-0.2, -0.15) is 0 Å². The summed E-state index contributed by atoms with van der Waals surface area (Å²) in [7, 11) is 0. The van der Waals surface area contributed by atoms with E-state index in [2.05, 4.69) is 4.74 Å². The molecule has 0 radical (unpaired) electrons. The van der Waals surface area contributed by atoms with Crippen LogP contribution in [0.15, 0.2) is 30.4 Å². The topological polar surface area (TPSA) is 26.3 Å². The van der Waals surface area contributed by atoms with Gasteiger partial charge in [-0.3, -0.25) is 0 Å². The lowest BCUT2D eigenvalue weighted by Gasteiger charge is -1.98. The predicted octanol–water partition coefficient (Wildman–Crippen LogP) is 3.24. The largest absolute Gasteiger partial charge is 0.463 e. The van der Waals surface area contributed by atoms with Gasteiger partial charge in [-0.15, -0.1) is 0 Å². The fraction of sp³-hybridized carbons (Fsp3) is 0.154. The zero-order valence-electron chi connectivity index (χ0n) is 9.62. The van der Waals surface area contributed by atoms with Crippen LogP contribution in [0, 0.1) is 17.5 Å². The van der Waals surface area contributed by atoms with Crippen LogP contribution in [-0.2, 0) is 9.53 Å². The standard InChI is InChI=1S/C13H11F3O2/c1-2-18-13(17)6-4-3-5-10-11(15)7-9(14)8-12(10)16/h3-8H,2H2,1H3/b5-3+,6-4+. The molecule has 0 aliphatic rings. The summed E-state index contributed by atoms with van der Waals surface area (Å²) >= 11 is 0. The lowest BCUT2D eigenvalue weighted by atomic mass is 10.1. The van der Waals surface area contributed by atoms with Crippen molar-refractivity contribution in [3.05, 3.63) is 53.4 Å². The van der Waals surface area contributed by atoms with Crippen LogP contribution in [-0.4, -0.2) is 12.6 Å². The number of hydrogen-bond acceptors (Lipinski definition) is 2. The molecule has 0 bridgehead atoms. The average molecular weight is 256 g/mol. The Balaban J connectivity index is 2.76. The van der Waals surface area contributed by atoms with E-state index in [9.17, 15) is 18.0 Å². The third kappa shape index (κ3) is 4.08. The fourth-order valence-corrected chi connectivity index (χ4v) is 1.19. The summed E-state index contributed by atoms with van der Waals surface area (Å²) in [5.41, 5.74) is -0.370. The van der Waals surface area contributed by atoms with E-state index >= 15 is 0 Å². The van der Waals surface area contributed by atoms with Crippen molar-refractivity contribution in [2.75, 3.05) is 6.61 Å². The number of halogens is 3. The second-order valence-corrected chi connectivity index (χ2v) is 3.25. The number of esters is 1. The molecule has 1 aromatic rings. The van der Waals surface area contributed by atoms with Crippen molar-refractivity contribution in [2.24, 2.45) is 0 Å². The van der Waals surface area contributed by atoms with Crippen molar-refractivity contribution >= 4 is 12.0 Å². The maximum Gasteiger partial charge on any atom is 0.330 e. The summed E-state index contributed by atoms with van der Waals surface area (Å²) in [5.74, 6) is -3.55. The van der Waals surface area contributed by atoms with Gasteiger partial charge in [0, 0.05) is 23.8 Å². The Kier molecular flexibility index (Phi) is 5.17. The quantitative estimate of drug-likeness (QED) is 0.469. The molecule has 96 valence electrons. The SMILES string of the molecule is CCOC(=O)/C=C/C=C/c1c(F)cc(F)cc1F. The van der Waals surface area contributed by atoms with Crippen LogP contribution in [0.4, 0.5) is 13.2 Å². The fourth-order valence-electron chi connectivity index (χ4n) is 1.19. The summed E-state index contributed by atoms with van der Waals surface area (Å²) in [6.45, 7) is 1.90. The number of rotatable bonds is 4. The molecule has 0 atom stereocenters. The molecule has 0 spiro atoms. The number of hydrogen-bond donors (Lipinski definition) is 0. The first-order chi connectivity index (χ1) is 8.54. The molecule has 0 saturated heterocycles. The highest BCUT2D eigenvalue weighted by atomic mass is 19.1. The van der Waals surface area contributed by atoms with Crippen LogP contribution in [0.25, 0.3) is 6.08 Å². The van der Waals surface area contributed by atoms with Crippen LogP contribution in [0.5, 0.6) is 0 Å². The molecule has 1 rings (SSSR count). The minimum absolute atomic E-state index is 0.244. The van der Waals surface area contributed by atoms with Gasteiger partial charge in [0.25, 0.3) is 0 Å². The Bertz CT molecular complexity index is 470. The Hall–Kier alpha value is -2.04. The molecule has 2 nitrogen and oxygen atoms in total. The molecule has 0 saturated carbocycles. The van der Waals surface area contributed by atoms with E-state index in [1.807, 2.05) is 0 Å². The van der Waals surface area contributed by atoms with Crippen LogP contribution in [0.3, 0.4) is 0 Å². The molecule has 5 heteroatoms. The van der Waals surface area contributed by atoms with Gasteiger partial charge in [0.1, 0.15) is 17.5 Å². The molecule has 1 aromatic carbocycles. The zero-order valence-corrected chi connectivity index (χ0v) is 9.62. The van der Waals surface area contributed by atoms with E-state index in [0.717, 1.165) is 12.2 Å². The molecular formula is C13H11F3O2. The maximum atomic E-state index is 13.2. The number of allylic oxidation sites excluding steroid dienone is 2. The van der Waals surface area contributed by atoms with Gasteiger partial charge >= 0.3 is 5.97 Å². The van der Waals surface area contributed by atoms with Crippen LogP contribution in [0.1, 0.15) is 12.5 Å². The summed E-state index contributed by atoms with van der Waals surface area (Å²) in [5, 5.41) is 0. The van der Waals surface area contributed by atoms with E-state index in [4.69, 9.17) is 0 Å². The molecule has 18 heavy (non-hydrogen) atoms. The first-order valence-corrected chi connectivity index (χ1v) is 5.20. The molecule has 0 heterocycles. The van der Waals surface area contributed by atoms with E-state index in [1.165, 1.54) is 12.2 Å². The number of ether oxygens (including phenoxy) is 1. The summed E-state index contributed by atoms with van der Waals surface area (Å²) in [6, 6.07) is 1.16. The zero-order chi connectivity index (χ0) is 13.5. The molecular weight excluding hydrogens is 245 g/mol. The molecule has 0 aromatic heterocycles. The van der Waals surface area contributed by atoms with Gasteiger partial charge < -0.3 is 4.74 Å².